The molecule has 0 aromatic carbocycles. The van der Waals surface area contributed by atoms with E-state index in [-0.39, 0.29) is 37.6 Å². The molecule has 16 atom stereocenters. The summed E-state index contributed by atoms with van der Waals surface area (Å²) in [6.07, 6.45) is -2.17. The highest BCUT2D eigenvalue weighted by Gasteiger charge is 2.53. The van der Waals surface area contributed by atoms with Crippen LogP contribution in [-0.4, -0.2) is 153 Å². The first-order valence-corrected chi connectivity index (χ1v) is 20.4. The average molecular weight is 828 g/mol. The number of hydrogen-bond acceptors (Lipinski definition) is 16. The molecular weight excluding hydrogens is 758 g/mol. The highest BCUT2D eigenvalue weighted by molar-refractivity contribution is 5.70. The molecule has 3 aliphatic heterocycles. The van der Waals surface area contributed by atoms with Crippen LogP contribution in [-0.2, 0) is 61.8 Å². The van der Waals surface area contributed by atoms with Gasteiger partial charge in [0.15, 0.2) is 18.7 Å². The summed E-state index contributed by atoms with van der Waals surface area (Å²) in [7, 11) is 6.46. The molecule has 3 aliphatic rings. The first kappa shape index (κ1) is 49.6. The minimum absolute atomic E-state index is 0.0646. The largest absolute Gasteiger partial charge is 0.462 e. The third-order valence-electron chi connectivity index (χ3n) is 11.2. The average Bonchev–Trinajstić information content (AvgIpc) is 3.13. The van der Waals surface area contributed by atoms with Crippen molar-refractivity contribution in [1.29, 1.82) is 0 Å². The molecule has 0 aromatic heterocycles. The van der Waals surface area contributed by atoms with Crippen LogP contribution in [0.5, 0.6) is 0 Å². The van der Waals surface area contributed by atoms with Crippen molar-refractivity contribution in [3.63, 3.8) is 0 Å². The summed E-state index contributed by atoms with van der Waals surface area (Å²) in [5.74, 6) is -2.53. The number of carbonyl (C=O) groups is 4. The van der Waals surface area contributed by atoms with E-state index in [9.17, 15) is 29.4 Å². The highest BCUT2D eigenvalue weighted by Crippen LogP contribution is 2.39. The van der Waals surface area contributed by atoms with Crippen LogP contribution in [0.1, 0.15) is 93.4 Å². The second-order valence-corrected chi connectivity index (χ2v) is 16.3. The summed E-state index contributed by atoms with van der Waals surface area (Å²) in [5.41, 5.74) is -0.946. The van der Waals surface area contributed by atoms with Gasteiger partial charge in [-0.25, -0.2) is 0 Å². The van der Waals surface area contributed by atoms with Crippen LogP contribution in [0.3, 0.4) is 0 Å². The van der Waals surface area contributed by atoms with E-state index >= 15 is 0 Å². The standard InChI is InChI=1S/C42H69NO15/c1-12-16-32(47)56-40-27(5)53-34(23-42(40,7)51-11)57-37-26(4)54-41(36(49)35(37)43(8)9)58-38-29(19-20-44)21-24(2)31(55-28(6)45)18-15-13-14-17-25(3)52-33(48)22-30(46)39(38)50-10/h13-15,18,20,24-27,29-31,34-41,46,49H,12,16-17,19,21-23H2,1-11H3/b14-13+,18-15+/t24-,25-,26-,27+,29+,30?,31+,34+,35-,36-,37-,38+,39+,40+,41+,42-/m1/s1. The molecule has 2 fully saturated rings. The maximum absolute atomic E-state index is 13.0. The van der Waals surface area contributed by atoms with Gasteiger partial charge in [0.2, 0.25) is 0 Å². The van der Waals surface area contributed by atoms with Gasteiger partial charge in [-0.05, 0) is 72.5 Å². The highest BCUT2D eigenvalue weighted by atomic mass is 16.7. The minimum Gasteiger partial charge on any atom is -0.462 e. The van der Waals surface area contributed by atoms with Gasteiger partial charge in [0.25, 0.3) is 0 Å². The summed E-state index contributed by atoms with van der Waals surface area (Å²) >= 11 is 0. The number of aldehydes is 1. The second-order valence-electron chi connectivity index (χ2n) is 16.3. The van der Waals surface area contributed by atoms with Gasteiger partial charge in [0.05, 0.1) is 36.9 Å². The Bertz CT molecular complexity index is 1380. The van der Waals surface area contributed by atoms with Crippen LogP contribution in [0.15, 0.2) is 24.3 Å². The van der Waals surface area contributed by atoms with Crippen LogP contribution in [0.2, 0.25) is 0 Å². The molecule has 16 nitrogen and oxygen atoms in total. The molecule has 16 heteroatoms. The number of rotatable bonds is 13. The van der Waals surface area contributed by atoms with E-state index in [0.717, 1.165) is 6.29 Å². The molecule has 3 heterocycles. The van der Waals surface area contributed by atoms with Crippen molar-refractivity contribution in [3.8, 4) is 0 Å². The number of methoxy groups -OCH3 is 2. The van der Waals surface area contributed by atoms with E-state index < -0.39 is 110 Å². The monoisotopic (exact) mass is 827 g/mol. The van der Waals surface area contributed by atoms with Gasteiger partial charge < -0.3 is 62.5 Å². The van der Waals surface area contributed by atoms with Gasteiger partial charge in [0, 0.05) is 46.8 Å². The van der Waals surface area contributed by atoms with Crippen LogP contribution in [0, 0.1) is 11.8 Å². The van der Waals surface area contributed by atoms with E-state index in [1.54, 1.807) is 65.1 Å². The number of cyclic esters (lactones) is 1. The van der Waals surface area contributed by atoms with Crippen molar-refractivity contribution in [2.75, 3.05) is 28.3 Å². The van der Waals surface area contributed by atoms with Gasteiger partial charge in [-0.3, -0.25) is 14.4 Å². The van der Waals surface area contributed by atoms with E-state index in [2.05, 4.69) is 0 Å². The van der Waals surface area contributed by atoms with Crippen molar-refractivity contribution < 1.29 is 72.0 Å². The molecule has 3 rings (SSSR count). The molecule has 1 unspecified atom stereocenters. The smallest absolute Gasteiger partial charge is 0.308 e. The molecule has 0 spiro atoms. The fourth-order valence-electron chi connectivity index (χ4n) is 8.18. The van der Waals surface area contributed by atoms with Gasteiger partial charge in [0.1, 0.15) is 42.4 Å². The molecule has 0 bridgehead atoms. The first-order chi connectivity index (χ1) is 27.4. The van der Waals surface area contributed by atoms with Crippen LogP contribution < -0.4 is 0 Å². The zero-order valence-electron chi connectivity index (χ0n) is 36.1. The van der Waals surface area contributed by atoms with E-state index in [0.29, 0.717) is 12.8 Å². The minimum atomic E-state index is -1.45. The zero-order valence-corrected chi connectivity index (χ0v) is 36.1. The lowest BCUT2D eigenvalue weighted by Crippen LogP contribution is -2.66. The number of nitrogens with zero attached hydrogens (tertiary/aromatic N) is 1. The van der Waals surface area contributed by atoms with Crippen molar-refractivity contribution >= 4 is 24.2 Å². The van der Waals surface area contributed by atoms with Gasteiger partial charge in [-0.1, -0.05) is 32.1 Å². The Labute approximate surface area is 343 Å². The van der Waals surface area contributed by atoms with E-state index in [1.807, 2.05) is 26.8 Å². The topological polar surface area (TPSA) is 195 Å². The molecule has 332 valence electrons. The number of carbonyl (C=O) groups excluding carboxylic acids is 4. The number of aliphatic hydroxyl groups excluding tert-OH is 2. The summed E-state index contributed by atoms with van der Waals surface area (Å²) in [6.45, 7) is 12.2. The van der Waals surface area contributed by atoms with Crippen molar-refractivity contribution in [1.82, 2.24) is 4.90 Å². The quantitative estimate of drug-likeness (QED) is 0.156. The van der Waals surface area contributed by atoms with Crippen molar-refractivity contribution in [3.05, 3.63) is 24.3 Å². The summed E-state index contributed by atoms with van der Waals surface area (Å²) in [6, 6.07) is -0.731. The Morgan fingerprint density at radius 3 is 2.31 bits per heavy atom. The van der Waals surface area contributed by atoms with Crippen LogP contribution in [0.4, 0.5) is 0 Å². The van der Waals surface area contributed by atoms with Gasteiger partial charge in [-0.15, -0.1) is 0 Å². The number of allylic oxidation sites excluding steroid dienone is 2. The molecule has 0 aromatic rings. The zero-order chi connectivity index (χ0) is 43.3. The van der Waals surface area contributed by atoms with E-state index in [4.69, 9.17) is 42.6 Å². The molecule has 2 saturated heterocycles. The number of esters is 3. The number of hydrogen-bond donors (Lipinski definition) is 2. The Kier molecular flexibility index (Phi) is 19.9. The Hall–Kier alpha value is -2.80. The molecule has 0 aliphatic carbocycles. The fourth-order valence-corrected chi connectivity index (χ4v) is 8.18. The third-order valence-corrected chi connectivity index (χ3v) is 11.2. The maximum Gasteiger partial charge on any atom is 0.308 e. The predicted molar refractivity (Wildman–Crippen MR) is 210 cm³/mol. The molecule has 0 amide bonds. The SMILES string of the molecule is CCCC(=O)O[C@H]1[C@H](C)O[C@@H](O[C@H]2[C@H](N(C)C)[C@@H](O)[C@H](O[C@H]3[C@@H](CC=O)C[C@@H](C)[C@@H](OC(C)=O)/C=C/C=C/C[C@@H](C)OC(=O)CC(O)[C@@H]3OC)O[C@@H]2C)C[C@@]1(C)OC. The third kappa shape index (κ3) is 13.6. The summed E-state index contributed by atoms with van der Waals surface area (Å²) < 4.78 is 54.6. The second kappa shape index (κ2) is 23.3. The molecule has 2 N–H and O–H groups in total. The van der Waals surface area contributed by atoms with Crippen molar-refractivity contribution in [2.24, 2.45) is 11.8 Å². The number of ether oxygens (including phenoxy) is 9. The number of aliphatic hydroxyl groups is 2. The molecule has 0 saturated carbocycles. The van der Waals surface area contributed by atoms with Crippen molar-refractivity contribution in [2.45, 2.75) is 179 Å². The Morgan fingerprint density at radius 1 is 1.00 bits per heavy atom. The van der Waals surface area contributed by atoms with Gasteiger partial charge in [-0.2, -0.15) is 0 Å². The Morgan fingerprint density at radius 2 is 1.71 bits per heavy atom. The lowest BCUT2D eigenvalue weighted by atomic mass is 9.82. The van der Waals surface area contributed by atoms with Crippen LogP contribution >= 0.6 is 0 Å². The molecule has 58 heavy (non-hydrogen) atoms. The number of likely N-dealkylation sites (N-methyl/N-ethyl adjacent to an activating group) is 1. The fraction of sp³-hybridized carbons (Fsp3) is 0.810. The predicted octanol–water partition coefficient (Wildman–Crippen LogP) is 3.42. The lowest BCUT2D eigenvalue weighted by Gasteiger charge is -2.51. The summed E-state index contributed by atoms with van der Waals surface area (Å²) in [5, 5.41) is 23.6. The summed E-state index contributed by atoms with van der Waals surface area (Å²) in [4.78, 5) is 51.7. The van der Waals surface area contributed by atoms with Crippen LogP contribution in [0.25, 0.3) is 0 Å². The van der Waals surface area contributed by atoms with Gasteiger partial charge >= 0.3 is 17.9 Å². The van der Waals surface area contributed by atoms with E-state index in [1.165, 1.54) is 14.0 Å². The molecular formula is C42H69NO15. The lowest BCUT2D eigenvalue weighted by molar-refractivity contribution is -0.345. The molecule has 0 radical (unpaired) electrons. The normalized spacial score (nSPS) is 40.6. The maximum atomic E-state index is 13.0. The Balaban J connectivity index is 1.97. The first-order valence-electron chi connectivity index (χ1n) is 20.4.